The minimum atomic E-state index is -0.521. The summed E-state index contributed by atoms with van der Waals surface area (Å²) in [5.74, 6) is 0.658. The van der Waals surface area contributed by atoms with E-state index in [1.165, 1.54) is 0 Å². The van der Waals surface area contributed by atoms with Gasteiger partial charge in [0.15, 0.2) is 0 Å². The molecule has 0 fully saturated rings. The molecule has 0 saturated heterocycles. The van der Waals surface area contributed by atoms with Gasteiger partial charge in [-0.05, 0) is 12.1 Å². The minimum Gasteiger partial charge on any atom is -0.486 e. The van der Waals surface area contributed by atoms with Crippen LogP contribution in [-0.4, -0.2) is 29.5 Å². The highest BCUT2D eigenvalue weighted by Crippen LogP contribution is 2.10. The Bertz CT molecular complexity index is 206. The van der Waals surface area contributed by atoms with Gasteiger partial charge < -0.3 is 14.9 Å². The van der Waals surface area contributed by atoms with Crippen LogP contribution in [0, 0.1) is 0 Å². The molecule has 0 aliphatic carbocycles. The SMILES string of the molecule is OCC(CO)Oc1ccccc1. The van der Waals surface area contributed by atoms with E-state index < -0.39 is 6.10 Å². The molecule has 1 rings (SSSR count). The van der Waals surface area contributed by atoms with E-state index in [4.69, 9.17) is 14.9 Å². The molecule has 0 aromatic heterocycles. The molecule has 0 spiro atoms. The summed E-state index contributed by atoms with van der Waals surface area (Å²) in [4.78, 5) is 0. The van der Waals surface area contributed by atoms with Crippen LogP contribution in [0.15, 0.2) is 30.3 Å². The van der Waals surface area contributed by atoms with Gasteiger partial charge in [0, 0.05) is 0 Å². The molecule has 1 aromatic carbocycles. The maximum atomic E-state index is 8.70. The van der Waals surface area contributed by atoms with E-state index in [2.05, 4.69) is 0 Å². The van der Waals surface area contributed by atoms with E-state index >= 15 is 0 Å². The van der Waals surface area contributed by atoms with Crippen LogP contribution >= 0.6 is 0 Å². The first-order valence-corrected chi connectivity index (χ1v) is 3.80. The van der Waals surface area contributed by atoms with E-state index in [0.717, 1.165) is 0 Å². The van der Waals surface area contributed by atoms with Gasteiger partial charge in [-0.15, -0.1) is 0 Å². The second-order valence-corrected chi connectivity index (χ2v) is 2.42. The number of ether oxygens (including phenoxy) is 1. The lowest BCUT2D eigenvalue weighted by molar-refractivity contribution is 0.0629. The fourth-order valence-electron chi connectivity index (χ4n) is 0.824. The topological polar surface area (TPSA) is 49.7 Å². The van der Waals surface area contributed by atoms with E-state index in [1.807, 2.05) is 18.2 Å². The Labute approximate surface area is 71.2 Å². The number of para-hydroxylation sites is 1. The highest BCUT2D eigenvalue weighted by Gasteiger charge is 2.05. The summed E-state index contributed by atoms with van der Waals surface area (Å²) < 4.78 is 5.21. The summed E-state index contributed by atoms with van der Waals surface area (Å²) >= 11 is 0. The first-order valence-electron chi connectivity index (χ1n) is 3.80. The van der Waals surface area contributed by atoms with Crippen molar-refractivity contribution in [1.29, 1.82) is 0 Å². The first kappa shape index (κ1) is 9.03. The molecule has 0 aliphatic rings. The van der Waals surface area contributed by atoms with Crippen LogP contribution in [0.3, 0.4) is 0 Å². The molecule has 0 heterocycles. The number of aliphatic hydroxyl groups is 2. The maximum absolute atomic E-state index is 8.70. The second kappa shape index (κ2) is 4.74. The smallest absolute Gasteiger partial charge is 0.145 e. The van der Waals surface area contributed by atoms with Gasteiger partial charge in [-0.25, -0.2) is 0 Å². The molecule has 0 bridgehead atoms. The van der Waals surface area contributed by atoms with Crippen molar-refractivity contribution in [2.75, 3.05) is 13.2 Å². The first-order chi connectivity index (χ1) is 5.86. The zero-order chi connectivity index (χ0) is 8.81. The van der Waals surface area contributed by atoms with Crippen LogP contribution in [0.25, 0.3) is 0 Å². The highest BCUT2D eigenvalue weighted by atomic mass is 16.5. The van der Waals surface area contributed by atoms with Gasteiger partial charge in [0.2, 0.25) is 0 Å². The molecule has 66 valence electrons. The Morgan fingerprint density at radius 3 is 2.17 bits per heavy atom. The van der Waals surface area contributed by atoms with Crippen LogP contribution in [-0.2, 0) is 0 Å². The lowest BCUT2D eigenvalue weighted by Gasteiger charge is -2.13. The van der Waals surface area contributed by atoms with Crippen molar-refractivity contribution in [2.45, 2.75) is 6.10 Å². The number of benzene rings is 1. The lowest BCUT2D eigenvalue weighted by Crippen LogP contribution is -2.25. The van der Waals surface area contributed by atoms with Gasteiger partial charge in [0.25, 0.3) is 0 Å². The van der Waals surface area contributed by atoms with Crippen molar-refractivity contribution >= 4 is 0 Å². The summed E-state index contributed by atoms with van der Waals surface area (Å²) in [6, 6.07) is 9.10. The second-order valence-electron chi connectivity index (χ2n) is 2.42. The third-order valence-electron chi connectivity index (χ3n) is 1.45. The quantitative estimate of drug-likeness (QED) is 0.685. The average molecular weight is 168 g/mol. The van der Waals surface area contributed by atoms with Crippen molar-refractivity contribution in [1.82, 2.24) is 0 Å². The van der Waals surface area contributed by atoms with Crippen LogP contribution < -0.4 is 4.74 Å². The standard InChI is InChI=1S/C9H12O3/c10-6-9(7-11)12-8-4-2-1-3-5-8/h1-5,9-11H,6-7H2. The predicted molar refractivity (Wildman–Crippen MR) is 45.0 cm³/mol. The third-order valence-corrected chi connectivity index (χ3v) is 1.45. The van der Waals surface area contributed by atoms with Crippen molar-refractivity contribution < 1.29 is 14.9 Å². The van der Waals surface area contributed by atoms with Crippen LogP contribution in [0.4, 0.5) is 0 Å². The van der Waals surface area contributed by atoms with Crippen molar-refractivity contribution in [2.24, 2.45) is 0 Å². The number of hydrogen-bond acceptors (Lipinski definition) is 3. The molecule has 2 N–H and O–H groups in total. The van der Waals surface area contributed by atoms with E-state index in [1.54, 1.807) is 12.1 Å². The summed E-state index contributed by atoms with van der Waals surface area (Å²) in [6.45, 7) is -0.350. The Morgan fingerprint density at radius 1 is 1.08 bits per heavy atom. The largest absolute Gasteiger partial charge is 0.486 e. The molecule has 3 heteroatoms. The summed E-state index contributed by atoms with van der Waals surface area (Å²) in [7, 11) is 0. The third kappa shape index (κ3) is 2.53. The fraction of sp³-hybridized carbons (Fsp3) is 0.333. The van der Waals surface area contributed by atoms with Crippen LogP contribution in [0.5, 0.6) is 5.75 Å². The monoisotopic (exact) mass is 168 g/mol. The average Bonchev–Trinajstić information content (AvgIpc) is 2.16. The van der Waals surface area contributed by atoms with Crippen molar-refractivity contribution in [3.63, 3.8) is 0 Å². The molecule has 12 heavy (non-hydrogen) atoms. The molecule has 0 aliphatic heterocycles. The predicted octanol–water partition coefficient (Wildman–Crippen LogP) is 0.419. The molecular weight excluding hydrogens is 156 g/mol. The van der Waals surface area contributed by atoms with Gasteiger partial charge in [0.05, 0.1) is 13.2 Å². The fourth-order valence-corrected chi connectivity index (χ4v) is 0.824. The Kier molecular flexibility index (Phi) is 3.57. The maximum Gasteiger partial charge on any atom is 0.145 e. The molecule has 0 amide bonds. The van der Waals surface area contributed by atoms with Gasteiger partial charge in [-0.2, -0.15) is 0 Å². The lowest BCUT2D eigenvalue weighted by atomic mass is 10.3. The van der Waals surface area contributed by atoms with E-state index in [9.17, 15) is 0 Å². The minimum absolute atomic E-state index is 0.175. The Hall–Kier alpha value is -1.06. The van der Waals surface area contributed by atoms with Gasteiger partial charge in [-0.3, -0.25) is 0 Å². The summed E-state index contributed by atoms with van der Waals surface area (Å²) in [5.41, 5.74) is 0. The van der Waals surface area contributed by atoms with Crippen molar-refractivity contribution in [3.05, 3.63) is 30.3 Å². The van der Waals surface area contributed by atoms with Crippen LogP contribution in [0.2, 0.25) is 0 Å². The summed E-state index contributed by atoms with van der Waals surface area (Å²) in [5, 5.41) is 17.4. The zero-order valence-electron chi connectivity index (χ0n) is 6.68. The highest BCUT2D eigenvalue weighted by molar-refractivity contribution is 5.21. The zero-order valence-corrected chi connectivity index (χ0v) is 6.68. The normalized spacial score (nSPS) is 10.2. The Morgan fingerprint density at radius 2 is 1.67 bits per heavy atom. The van der Waals surface area contributed by atoms with E-state index in [0.29, 0.717) is 5.75 Å². The molecular formula is C9H12O3. The molecule has 1 aromatic rings. The number of aliphatic hydroxyl groups excluding tert-OH is 2. The molecule has 0 atom stereocenters. The van der Waals surface area contributed by atoms with Crippen LogP contribution in [0.1, 0.15) is 0 Å². The van der Waals surface area contributed by atoms with Gasteiger partial charge in [-0.1, -0.05) is 18.2 Å². The molecule has 3 nitrogen and oxygen atoms in total. The number of rotatable bonds is 4. The molecule has 0 unspecified atom stereocenters. The van der Waals surface area contributed by atoms with E-state index in [-0.39, 0.29) is 13.2 Å². The van der Waals surface area contributed by atoms with Gasteiger partial charge >= 0.3 is 0 Å². The Balaban J connectivity index is 2.51. The van der Waals surface area contributed by atoms with Crippen molar-refractivity contribution in [3.8, 4) is 5.75 Å². The number of hydrogen-bond donors (Lipinski definition) is 2. The van der Waals surface area contributed by atoms with Gasteiger partial charge in [0.1, 0.15) is 11.9 Å². The molecule has 0 radical (unpaired) electrons. The molecule has 0 saturated carbocycles. The summed E-state index contributed by atoms with van der Waals surface area (Å²) in [6.07, 6.45) is -0.521.